The summed E-state index contributed by atoms with van der Waals surface area (Å²) in [6.07, 6.45) is 1.55. The summed E-state index contributed by atoms with van der Waals surface area (Å²) < 4.78 is 4.47. The summed E-state index contributed by atoms with van der Waals surface area (Å²) in [5.74, 6) is -0.316. The van der Waals surface area contributed by atoms with Crippen LogP contribution in [0.15, 0.2) is 0 Å². The number of amides is 1. The van der Waals surface area contributed by atoms with Crippen molar-refractivity contribution in [1.82, 2.24) is 5.32 Å². The van der Waals surface area contributed by atoms with E-state index < -0.39 is 0 Å². The van der Waals surface area contributed by atoms with Gasteiger partial charge in [-0.05, 0) is 13.3 Å². The highest BCUT2D eigenvalue weighted by Gasteiger charge is 2.10. The molecule has 0 fully saturated rings. The zero-order chi connectivity index (χ0) is 10.3. The van der Waals surface area contributed by atoms with Crippen LogP contribution in [0.1, 0.15) is 33.1 Å². The van der Waals surface area contributed by atoms with Crippen LogP contribution in [-0.4, -0.2) is 25.0 Å². The molecule has 0 aliphatic carbocycles. The van der Waals surface area contributed by atoms with E-state index in [-0.39, 0.29) is 24.3 Å². The number of hydrogen-bond acceptors (Lipinski definition) is 3. The summed E-state index contributed by atoms with van der Waals surface area (Å²) in [7, 11) is 1.34. The number of hydrogen-bond donors (Lipinski definition) is 1. The molecular formula is C9H17NO3. The third-order valence-electron chi connectivity index (χ3n) is 1.58. The molecule has 4 heteroatoms. The van der Waals surface area contributed by atoms with Crippen molar-refractivity contribution in [2.24, 2.45) is 0 Å². The Morgan fingerprint density at radius 3 is 2.54 bits per heavy atom. The Kier molecular flexibility index (Phi) is 5.93. The molecule has 4 nitrogen and oxygen atoms in total. The molecule has 13 heavy (non-hydrogen) atoms. The second kappa shape index (κ2) is 6.46. The van der Waals surface area contributed by atoms with Gasteiger partial charge >= 0.3 is 5.97 Å². The van der Waals surface area contributed by atoms with Gasteiger partial charge in [0.25, 0.3) is 0 Å². The van der Waals surface area contributed by atoms with Crippen LogP contribution in [0.25, 0.3) is 0 Å². The van der Waals surface area contributed by atoms with Crippen molar-refractivity contribution in [3.05, 3.63) is 0 Å². The van der Waals surface area contributed by atoms with Crippen LogP contribution in [0, 0.1) is 0 Å². The van der Waals surface area contributed by atoms with E-state index in [0.29, 0.717) is 6.42 Å². The van der Waals surface area contributed by atoms with E-state index in [1.54, 1.807) is 6.92 Å². The third-order valence-corrected chi connectivity index (χ3v) is 1.58. The minimum absolute atomic E-state index is 0.0149. The normalized spacial score (nSPS) is 11.9. The summed E-state index contributed by atoms with van der Waals surface area (Å²) in [6, 6.07) is -0.147. The van der Waals surface area contributed by atoms with E-state index in [4.69, 9.17) is 0 Å². The molecule has 0 aliphatic rings. The first-order valence-corrected chi connectivity index (χ1v) is 4.46. The van der Waals surface area contributed by atoms with E-state index in [1.807, 2.05) is 6.92 Å². The lowest BCUT2D eigenvalue weighted by Gasteiger charge is -2.11. The fourth-order valence-corrected chi connectivity index (χ4v) is 0.958. The Bertz CT molecular complexity index is 180. The SMILES string of the molecule is CCCC(=O)NC(C)CC(=O)OC. The van der Waals surface area contributed by atoms with E-state index >= 15 is 0 Å². The van der Waals surface area contributed by atoms with Crippen LogP contribution in [0.4, 0.5) is 0 Å². The van der Waals surface area contributed by atoms with Gasteiger partial charge in [-0.1, -0.05) is 6.92 Å². The molecule has 0 aliphatic heterocycles. The average molecular weight is 187 g/mol. The molecule has 0 rings (SSSR count). The highest BCUT2D eigenvalue weighted by atomic mass is 16.5. The van der Waals surface area contributed by atoms with Crippen molar-refractivity contribution in [2.75, 3.05) is 7.11 Å². The molecule has 0 spiro atoms. The first kappa shape index (κ1) is 11.9. The van der Waals surface area contributed by atoms with Crippen LogP contribution < -0.4 is 5.32 Å². The van der Waals surface area contributed by atoms with Gasteiger partial charge in [0.1, 0.15) is 0 Å². The van der Waals surface area contributed by atoms with Crippen LogP contribution >= 0.6 is 0 Å². The van der Waals surface area contributed by atoms with Crippen molar-refractivity contribution < 1.29 is 14.3 Å². The molecule has 1 atom stereocenters. The van der Waals surface area contributed by atoms with Crippen molar-refractivity contribution in [2.45, 2.75) is 39.2 Å². The standard InChI is InChI=1S/C9H17NO3/c1-4-5-8(11)10-7(2)6-9(12)13-3/h7H,4-6H2,1-3H3,(H,10,11). The van der Waals surface area contributed by atoms with E-state index in [9.17, 15) is 9.59 Å². The Morgan fingerprint density at radius 2 is 2.08 bits per heavy atom. The Morgan fingerprint density at radius 1 is 1.46 bits per heavy atom. The summed E-state index contributed by atoms with van der Waals surface area (Å²) in [6.45, 7) is 3.72. The maximum atomic E-state index is 11.1. The molecule has 0 aromatic heterocycles. The lowest BCUT2D eigenvalue weighted by atomic mass is 10.2. The topological polar surface area (TPSA) is 55.4 Å². The second-order valence-electron chi connectivity index (χ2n) is 3.00. The molecule has 0 radical (unpaired) electrons. The summed E-state index contributed by atoms with van der Waals surface area (Å²) in [4.78, 5) is 21.8. The number of rotatable bonds is 5. The van der Waals surface area contributed by atoms with Gasteiger partial charge in [0.15, 0.2) is 0 Å². The molecule has 1 N–H and O–H groups in total. The summed E-state index contributed by atoms with van der Waals surface area (Å²) in [5, 5.41) is 2.71. The number of carbonyl (C=O) groups excluding carboxylic acids is 2. The largest absolute Gasteiger partial charge is 0.469 e. The molecule has 0 saturated heterocycles. The van der Waals surface area contributed by atoms with Gasteiger partial charge in [-0.25, -0.2) is 0 Å². The van der Waals surface area contributed by atoms with Gasteiger partial charge in [-0.3, -0.25) is 9.59 Å². The fourth-order valence-electron chi connectivity index (χ4n) is 0.958. The van der Waals surface area contributed by atoms with Gasteiger partial charge in [0, 0.05) is 12.5 Å². The van der Waals surface area contributed by atoms with Gasteiger partial charge in [0.2, 0.25) is 5.91 Å². The predicted molar refractivity (Wildman–Crippen MR) is 49.1 cm³/mol. The number of carbonyl (C=O) groups is 2. The Balaban J connectivity index is 3.67. The molecular weight excluding hydrogens is 170 g/mol. The van der Waals surface area contributed by atoms with Crippen LogP contribution in [0.5, 0.6) is 0 Å². The lowest BCUT2D eigenvalue weighted by molar-refractivity contribution is -0.141. The van der Waals surface area contributed by atoms with E-state index in [2.05, 4.69) is 10.1 Å². The minimum Gasteiger partial charge on any atom is -0.469 e. The summed E-state index contributed by atoms with van der Waals surface area (Å²) >= 11 is 0. The molecule has 1 amide bonds. The molecule has 0 heterocycles. The van der Waals surface area contributed by atoms with Gasteiger partial charge in [-0.15, -0.1) is 0 Å². The molecule has 0 bridgehead atoms. The third kappa shape index (κ3) is 6.13. The molecule has 76 valence electrons. The number of ether oxygens (including phenoxy) is 1. The zero-order valence-corrected chi connectivity index (χ0v) is 8.42. The maximum absolute atomic E-state index is 11.1. The van der Waals surface area contributed by atoms with E-state index in [1.165, 1.54) is 7.11 Å². The quantitative estimate of drug-likeness (QED) is 0.649. The van der Waals surface area contributed by atoms with E-state index in [0.717, 1.165) is 6.42 Å². The van der Waals surface area contributed by atoms with Gasteiger partial charge < -0.3 is 10.1 Å². The predicted octanol–water partition coefficient (Wildman–Crippen LogP) is 0.854. The minimum atomic E-state index is -0.302. The van der Waals surface area contributed by atoms with Crippen LogP contribution in [0.2, 0.25) is 0 Å². The van der Waals surface area contributed by atoms with Crippen LogP contribution in [0.3, 0.4) is 0 Å². The summed E-state index contributed by atoms with van der Waals surface area (Å²) in [5.41, 5.74) is 0. The molecule has 1 unspecified atom stereocenters. The number of nitrogens with one attached hydrogen (secondary N) is 1. The molecule has 0 saturated carbocycles. The van der Waals surface area contributed by atoms with Crippen molar-refractivity contribution in [3.8, 4) is 0 Å². The monoisotopic (exact) mass is 187 g/mol. The van der Waals surface area contributed by atoms with Crippen molar-refractivity contribution >= 4 is 11.9 Å². The molecule has 0 aromatic rings. The first-order chi connectivity index (χ1) is 6.10. The number of esters is 1. The maximum Gasteiger partial charge on any atom is 0.307 e. The average Bonchev–Trinajstić information content (AvgIpc) is 2.04. The fraction of sp³-hybridized carbons (Fsp3) is 0.778. The van der Waals surface area contributed by atoms with Gasteiger partial charge in [-0.2, -0.15) is 0 Å². The van der Waals surface area contributed by atoms with Crippen LogP contribution in [-0.2, 0) is 14.3 Å². The Labute approximate surface area is 78.6 Å². The van der Waals surface area contributed by atoms with Crippen molar-refractivity contribution in [1.29, 1.82) is 0 Å². The zero-order valence-electron chi connectivity index (χ0n) is 8.42. The second-order valence-corrected chi connectivity index (χ2v) is 3.00. The highest BCUT2D eigenvalue weighted by Crippen LogP contribution is 1.95. The lowest BCUT2D eigenvalue weighted by Crippen LogP contribution is -2.34. The van der Waals surface area contributed by atoms with Crippen molar-refractivity contribution in [3.63, 3.8) is 0 Å². The molecule has 0 aromatic carbocycles. The van der Waals surface area contributed by atoms with Gasteiger partial charge in [0.05, 0.1) is 13.5 Å². The first-order valence-electron chi connectivity index (χ1n) is 4.46. The smallest absolute Gasteiger partial charge is 0.307 e. The highest BCUT2D eigenvalue weighted by molar-refractivity contribution is 5.77. The Hall–Kier alpha value is -1.06. The number of methoxy groups -OCH3 is 1.